The summed E-state index contributed by atoms with van der Waals surface area (Å²) in [5, 5.41) is 13.7. The molecule has 0 radical (unpaired) electrons. The number of benzene rings is 1. The average Bonchev–Trinajstić information content (AvgIpc) is 2.78. The van der Waals surface area contributed by atoms with Gasteiger partial charge in [0.05, 0.1) is 22.5 Å². The third-order valence-electron chi connectivity index (χ3n) is 3.50. The van der Waals surface area contributed by atoms with Gasteiger partial charge in [-0.05, 0) is 12.5 Å². The van der Waals surface area contributed by atoms with Crippen molar-refractivity contribution in [1.29, 1.82) is 0 Å². The molecular formula is C13H17N3O5S. The normalized spacial score (nSPS) is 20.0. The van der Waals surface area contributed by atoms with Crippen LogP contribution in [0.25, 0.3) is 0 Å². The van der Waals surface area contributed by atoms with Gasteiger partial charge in [0.1, 0.15) is 0 Å². The summed E-state index contributed by atoms with van der Waals surface area (Å²) in [4.78, 5) is 22.9. The Kier molecular flexibility index (Phi) is 4.47. The van der Waals surface area contributed by atoms with Gasteiger partial charge in [0.15, 0.2) is 9.84 Å². The van der Waals surface area contributed by atoms with Crippen LogP contribution in [0.15, 0.2) is 24.3 Å². The van der Waals surface area contributed by atoms with E-state index in [0.29, 0.717) is 6.42 Å². The molecule has 1 aliphatic heterocycles. The third-order valence-corrected chi connectivity index (χ3v) is 5.25. The number of carbonyl (C=O) groups is 1. The predicted octanol–water partition coefficient (Wildman–Crippen LogP) is 0.701. The lowest BCUT2D eigenvalue weighted by Crippen LogP contribution is -2.49. The van der Waals surface area contributed by atoms with E-state index < -0.39 is 26.7 Å². The predicted molar refractivity (Wildman–Crippen MR) is 80.0 cm³/mol. The smallest absolute Gasteiger partial charge is 0.268 e. The molecular weight excluding hydrogens is 310 g/mol. The topological polar surface area (TPSA) is 101 Å². The summed E-state index contributed by atoms with van der Waals surface area (Å²) >= 11 is 0. The van der Waals surface area contributed by atoms with Crippen LogP contribution in [0.2, 0.25) is 0 Å². The van der Waals surface area contributed by atoms with Crippen LogP contribution in [0.4, 0.5) is 5.69 Å². The molecule has 120 valence electrons. The number of carbonyl (C=O) groups excluding carboxylic acids is 1. The number of hydrazine groups is 1. The molecule has 1 aromatic carbocycles. The molecule has 9 heteroatoms. The molecule has 1 amide bonds. The molecule has 1 atom stereocenters. The first-order chi connectivity index (χ1) is 10.2. The molecule has 8 nitrogen and oxygen atoms in total. The van der Waals surface area contributed by atoms with E-state index in [4.69, 9.17) is 0 Å². The quantitative estimate of drug-likeness (QED) is 0.596. The van der Waals surface area contributed by atoms with Crippen molar-refractivity contribution in [3.63, 3.8) is 0 Å². The lowest BCUT2D eigenvalue weighted by Gasteiger charge is -2.33. The lowest BCUT2D eigenvalue weighted by atomic mass is 10.1. The van der Waals surface area contributed by atoms with Gasteiger partial charge in [0, 0.05) is 31.8 Å². The Labute approximate surface area is 128 Å². The first-order valence-corrected chi connectivity index (χ1v) is 8.49. The van der Waals surface area contributed by atoms with Crippen molar-refractivity contribution in [2.75, 3.05) is 25.6 Å². The van der Waals surface area contributed by atoms with Gasteiger partial charge < -0.3 is 0 Å². The van der Waals surface area contributed by atoms with E-state index in [1.807, 2.05) is 0 Å². The zero-order valence-corrected chi connectivity index (χ0v) is 13.1. The molecule has 1 aromatic rings. The number of hydrogen-bond acceptors (Lipinski definition) is 6. The summed E-state index contributed by atoms with van der Waals surface area (Å²) in [6, 6.07) is 4.96. The standard InChI is InChI=1S/C13H17N3O5S/c1-14(2)15(12-6-7-22(20,21)9-12)13(17)10-4-3-5-11(8-10)16(18)19/h3-5,8,12H,6-7,9H2,1-2H3/t12-/m0/s1. The van der Waals surface area contributed by atoms with Crippen LogP contribution in [-0.2, 0) is 9.84 Å². The molecule has 1 aliphatic rings. The van der Waals surface area contributed by atoms with Gasteiger partial charge in [-0.3, -0.25) is 19.9 Å². The number of nitrogens with zero attached hydrogens (tertiary/aromatic N) is 3. The van der Waals surface area contributed by atoms with Crippen molar-refractivity contribution in [3.8, 4) is 0 Å². The number of hydrogen-bond donors (Lipinski definition) is 0. The van der Waals surface area contributed by atoms with Crippen molar-refractivity contribution in [2.24, 2.45) is 0 Å². The van der Waals surface area contributed by atoms with Crippen molar-refractivity contribution < 1.29 is 18.1 Å². The Bertz CT molecular complexity index is 701. The zero-order chi connectivity index (χ0) is 16.5. The molecule has 0 aliphatic carbocycles. The Morgan fingerprint density at radius 3 is 2.55 bits per heavy atom. The molecule has 1 saturated heterocycles. The van der Waals surface area contributed by atoms with Crippen LogP contribution < -0.4 is 0 Å². The van der Waals surface area contributed by atoms with Gasteiger partial charge in [-0.15, -0.1) is 0 Å². The van der Waals surface area contributed by atoms with E-state index in [9.17, 15) is 23.3 Å². The summed E-state index contributed by atoms with van der Waals surface area (Å²) < 4.78 is 23.2. The molecule has 1 fully saturated rings. The minimum absolute atomic E-state index is 0.0459. The fraction of sp³-hybridized carbons (Fsp3) is 0.462. The van der Waals surface area contributed by atoms with E-state index in [-0.39, 0.29) is 22.8 Å². The SMILES string of the molecule is CN(C)N(C(=O)c1cccc([N+](=O)[O-])c1)[C@H]1CCS(=O)(=O)C1. The van der Waals surface area contributed by atoms with E-state index >= 15 is 0 Å². The molecule has 22 heavy (non-hydrogen) atoms. The van der Waals surface area contributed by atoms with Gasteiger partial charge >= 0.3 is 0 Å². The monoisotopic (exact) mass is 327 g/mol. The largest absolute Gasteiger partial charge is 0.270 e. The zero-order valence-electron chi connectivity index (χ0n) is 12.3. The van der Waals surface area contributed by atoms with E-state index in [0.717, 1.165) is 0 Å². The first kappa shape index (κ1) is 16.4. The van der Waals surface area contributed by atoms with Crippen molar-refractivity contribution in [2.45, 2.75) is 12.5 Å². The molecule has 0 unspecified atom stereocenters. The summed E-state index contributed by atoms with van der Waals surface area (Å²) in [6.07, 6.45) is 0.362. The third kappa shape index (κ3) is 3.42. The molecule has 0 saturated carbocycles. The van der Waals surface area contributed by atoms with Gasteiger partial charge in [-0.25, -0.2) is 13.4 Å². The maximum Gasteiger partial charge on any atom is 0.270 e. The van der Waals surface area contributed by atoms with E-state index in [2.05, 4.69) is 0 Å². The van der Waals surface area contributed by atoms with Crippen LogP contribution >= 0.6 is 0 Å². The molecule has 0 N–H and O–H groups in total. The highest BCUT2D eigenvalue weighted by Gasteiger charge is 2.36. The number of sulfone groups is 1. The second kappa shape index (κ2) is 6.01. The van der Waals surface area contributed by atoms with E-state index in [1.165, 1.54) is 34.3 Å². The minimum Gasteiger partial charge on any atom is -0.268 e. The maximum atomic E-state index is 12.6. The first-order valence-electron chi connectivity index (χ1n) is 6.67. The number of nitro benzene ring substituents is 1. The second-order valence-corrected chi connectivity index (χ2v) is 7.59. The van der Waals surface area contributed by atoms with Gasteiger partial charge in [-0.1, -0.05) is 6.07 Å². The van der Waals surface area contributed by atoms with Crippen LogP contribution in [0.5, 0.6) is 0 Å². The highest BCUT2D eigenvalue weighted by Crippen LogP contribution is 2.22. The Morgan fingerprint density at radius 1 is 1.36 bits per heavy atom. The summed E-state index contributed by atoms with van der Waals surface area (Å²) in [5.41, 5.74) is -0.0178. The van der Waals surface area contributed by atoms with Gasteiger partial charge in [-0.2, -0.15) is 0 Å². The van der Waals surface area contributed by atoms with Crippen LogP contribution in [0, 0.1) is 10.1 Å². The lowest BCUT2D eigenvalue weighted by molar-refractivity contribution is -0.384. The van der Waals surface area contributed by atoms with Crippen LogP contribution in [-0.4, -0.2) is 60.9 Å². The van der Waals surface area contributed by atoms with Crippen molar-refractivity contribution in [3.05, 3.63) is 39.9 Å². The van der Waals surface area contributed by atoms with Crippen molar-refractivity contribution in [1.82, 2.24) is 10.0 Å². The fourth-order valence-corrected chi connectivity index (χ4v) is 4.22. The molecule has 0 aromatic heterocycles. The number of nitro groups is 1. The molecule has 0 spiro atoms. The molecule has 1 heterocycles. The molecule has 2 rings (SSSR count). The Hall–Kier alpha value is -2.00. The van der Waals surface area contributed by atoms with Gasteiger partial charge in [0.25, 0.3) is 11.6 Å². The van der Waals surface area contributed by atoms with E-state index in [1.54, 1.807) is 14.1 Å². The van der Waals surface area contributed by atoms with Crippen LogP contribution in [0.1, 0.15) is 16.8 Å². The second-order valence-electron chi connectivity index (χ2n) is 5.36. The minimum atomic E-state index is -3.14. The van der Waals surface area contributed by atoms with Crippen LogP contribution in [0.3, 0.4) is 0 Å². The average molecular weight is 327 g/mol. The summed E-state index contributed by atoms with van der Waals surface area (Å²) in [6.45, 7) is 0. The number of rotatable bonds is 4. The highest BCUT2D eigenvalue weighted by atomic mass is 32.2. The van der Waals surface area contributed by atoms with Gasteiger partial charge in [0.2, 0.25) is 0 Å². The highest BCUT2D eigenvalue weighted by molar-refractivity contribution is 7.91. The Balaban J connectivity index is 2.31. The summed E-state index contributed by atoms with van der Waals surface area (Å²) in [5.74, 6) is -0.494. The number of non-ortho nitro benzene ring substituents is 1. The number of amides is 1. The molecule has 0 bridgehead atoms. The maximum absolute atomic E-state index is 12.6. The van der Waals surface area contributed by atoms with Crippen molar-refractivity contribution >= 4 is 21.4 Å². The summed E-state index contributed by atoms with van der Waals surface area (Å²) in [7, 11) is 0.138. The fourth-order valence-electron chi connectivity index (χ4n) is 2.53. The Morgan fingerprint density at radius 2 is 2.05 bits per heavy atom.